The van der Waals surface area contributed by atoms with Crippen molar-refractivity contribution in [3.8, 4) is 0 Å². The normalized spacial score (nSPS) is 14.2. The molecular weight excluding hydrogens is 601 g/mol. The Kier molecular flexibility index (Phi) is 8.26. The van der Waals surface area contributed by atoms with Gasteiger partial charge < -0.3 is 10.3 Å². The summed E-state index contributed by atoms with van der Waals surface area (Å²) >= 11 is 2.48. The lowest BCUT2D eigenvalue weighted by atomic mass is 10.0. The Morgan fingerprint density at radius 1 is 0.750 bits per heavy atom. The van der Waals surface area contributed by atoms with Crippen LogP contribution < -0.4 is 11.1 Å². The van der Waals surface area contributed by atoms with E-state index in [0.717, 1.165) is 19.5 Å². The van der Waals surface area contributed by atoms with E-state index in [1.54, 1.807) is 0 Å². The maximum absolute atomic E-state index is 5.87. The van der Waals surface area contributed by atoms with Crippen molar-refractivity contribution >= 4 is 72.5 Å². The lowest BCUT2D eigenvalue weighted by Gasteiger charge is -2.05. The molecule has 0 spiro atoms. The van der Waals surface area contributed by atoms with Gasteiger partial charge in [0.2, 0.25) is 11.4 Å². The first kappa shape index (κ1) is 26.7. The Bertz CT molecular complexity index is 1840. The van der Waals surface area contributed by atoms with Crippen molar-refractivity contribution in [3.63, 3.8) is 0 Å². The molecule has 0 unspecified atom stereocenters. The summed E-state index contributed by atoms with van der Waals surface area (Å²) < 4.78 is 6.12. The van der Waals surface area contributed by atoms with Gasteiger partial charge in [0.1, 0.15) is 0 Å². The van der Waals surface area contributed by atoms with Gasteiger partial charge in [-0.05, 0) is 52.8 Å². The van der Waals surface area contributed by atoms with Gasteiger partial charge in [-0.3, -0.25) is 0 Å². The highest BCUT2D eigenvalue weighted by atomic mass is 127. The molecule has 40 heavy (non-hydrogen) atoms. The van der Waals surface area contributed by atoms with E-state index in [9.17, 15) is 0 Å². The van der Waals surface area contributed by atoms with Crippen molar-refractivity contribution in [2.75, 3.05) is 17.5 Å². The van der Waals surface area contributed by atoms with Gasteiger partial charge in [-0.2, -0.15) is 4.58 Å². The fourth-order valence-corrected chi connectivity index (χ4v) is 6.55. The van der Waals surface area contributed by atoms with E-state index >= 15 is 0 Å². The van der Waals surface area contributed by atoms with Crippen molar-refractivity contribution in [3.05, 3.63) is 120 Å². The molecule has 1 aromatic heterocycles. The van der Waals surface area contributed by atoms with E-state index in [-0.39, 0.29) is 0 Å². The molecule has 0 saturated carbocycles. The standard InChI is InChI=1S/C36H35IN3/c37-23-6-7-25-39-31(29-17-8-13-27-15-10-21-33(39)35(27)29)19-4-2-1-3-5-20-32-30-18-9-14-28-16-11-22-34(36(28)30)40(32)26-12-24-38/h1-5,8-11,13-22H,6-7,12,23-26,38H2/q+1. The van der Waals surface area contributed by atoms with Gasteiger partial charge in [-0.1, -0.05) is 108 Å². The summed E-state index contributed by atoms with van der Waals surface area (Å²) in [6.45, 7) is 2.66. The third-order valence-corrected chi connectivity index (χ3v) is 8.55. The Morgan fingerprint density at radius 3 is 2.30 bits per heavy atom. The van der Waals surface area contributed by atoms with Crippen LogP contribution in [0.3, 0.4) is 0 Å². The zero-order valence-electron chi connectivity index (χ0n) is 22.8. The Labute approximate surface area is 249 Å². The average Bonchev–Trinajstić information content (AvgIpc) is 3.46. The van der Waals surface area contributed by atoms with E-state index in [1.165, 1.54) is 72.0 Å². The number of alkyl halides is 1. The van der Waals surface area contributed by atoms with Gasteiger partial charge in [-0.25, -0.2) is 0 Å². The van der Waals surface area contributed by atoms with Crippen LogP contribution in [0.4, 0.5) is 5.69 Å². The third kappa shape index (κ3) is 5.06. The summed E-state index contributed by atoms with van der Waals surface area (Å²) in [6, 6.07) is 26.5. The van der Waals surface area contributed by atoms with Gasteiger partial charge in [0.05, 0.1) is 10.9 Å². The van der Waals surface area contributed by atoms with Gasteiger partial charge in [0, 0.05) is 46.7 Å². The van der Waals surface area contributed by atoms with Gasteiger partial charge >= 0.3 is 0 Å². The number of benzene rings is 4. The first-order valence-corrected chi connectivity index (χ1v) is 15.8. The first-order valence-electron chi connectivity index (χ1n) is 14.3. The second kappa shape index (κ2) is 12.4. The summed E-state index contributed by atoms with van der Waals surface area (Å²) in [7, 11) is 0. The summed E-state index contributed by atoms with van der Waals surface area (Å²) in [5.41, 5.74) is 11.0. The van der Waals surface area contributed by atoms with Crippen molar-refractivity contribution in [1.29, 1.82) is 0 Å². The molecule has 2 N–H and O–H groups in total. The van der Waals surface area contributed by atoms with Crippen molar-refractivity contribution in [2.24, 2.45) is 5.73 Å². The van der Waals surface area contributed by atoms with Crippen LogP contribution in [0.2, 0.25) is 0 Å². The topological polar surface area (TPSA) is 34.0 Å². The maximum Gasteiger partial charge on any atom is 0.214 e. The number of rotatable bonds is 11. The fourth-order valence-electron chi connectivity index (χ4n) is 6.01. The third-order valence-electron chi connectivity index (χ3n) is 7.78. The Hall–Kier alpha value is -3.48. The van der Waals surface area contributed by atoms with E-state index < -0.39 is 0 Å². The van der Waals surface area contributed by atoms with E-state index in [1.807, 2.05) is 0 Å². The molecule has 4 heteroatoms. The minimum atomic E-state index is 0.690. The molecule has 2 heterocycles. The molecule has 0 aliphatic carbocycles. The molecule has 0 radical (unpaired) electrons. The quantitative estimate of drug-likeness (QED) is 0.0518. The maximum atomic E-state index is 5.87. The molecule has 0 amide bonds. The van der Waals surface area contributed by atoms with Gasteiger partial charge in [0.25, 0.3) is 0 Å². The number of hydrogen-bond acceptors (Lipinski definition) is 1. The largest absolute Gasteiger partial charge is 0.340 e. The molecule has 0 atom stereocenters. The molecule has 5 aromatic rings. The van der Waals surface area contributed by atoms with Crippen LogP contribution in [-0.4, -0.2) is 32.4 Å². The second-order valence-electron chi connectivity index (χ2n) is 10.3. The van der Waals surface area contributed by atoms with Gasteiger partial charge in [-0.15, -0.1) is 0 Å². The molecule has 200 valence electrons. The number of unbranched alkanes of at least 4 members (excludes halogenated alkanes) is 1. The molecule has 0 fully saturated rings. The van der Waals surface area contributed by atoms with Crippen LogP contribution in [0.5, 0.6) is 0 Å². The average molecular weight is 637 g/mol. The number of nitrogens with two attached hydrogens (primary N) is 1. The second-order valence-corrected chi connectivity index (χ2v) is 11.3. The van der Waals surface area contributed by atoms with Crippen LogP contribution in [-0.2, 0) is 6.54 Å². The Morgan fingerprint density at radius 2 is 1.48 bits per heavy atom. The molecule has 0 saturated heterocycles. The van der Waals surface area contributed by atoms with Crippen LogP contribution in [0, 0.1) is 0 Å². The first-order chi connectivity index (χ1) is 19.8. The van der Waals surface area contributed by atoms with E-state index in [2.05, 4.69) is 147 Å². The minimum Gasteiger partial charge on any atom is -0.340 e. The van der Waals surface area contributed by atoms with E-state index in [0.29, 0.717) is 6.54 Å². The SMILES string of the molecule is NCCC[N+]1=C(/C=C/C=C/C=C/C=c2/c3cccc4cccc(c43)n2CCCCI)c2cccc3cccc1c23. The van der Waals surface area contributed by atoms with Crippen molar-refractivity contribution in [2.45, 2.75) is 25.8 Å². The van der Waals surface area contributed by atoms with Crippen LogP contribution in [0.25, 0.3) is 38.5 Å². The van der Waals surface area contributed by atoms with Crippen LogP contribution in [0.1, 0.15) is 24.8 Å². The highest BCUT2D eigenvalue weighted by molar-refractivity contribution is 14.1. The summed E-state index contributed by atoms with van der Waals surface area (Å²) in [6.07, 6.45) is 18.6. The highest BCUT2D eigenvalue weighted by Gasteiger charge is 2.29. The van der Waals surface area contributed by atoms with Crippen molar-refractivity contribution < 1.29 is 4.58 Å². The number of hydrogen-bond donors (Lipinski definition) is 1. The summed E-state index contributed by atoms with van der Waals surface area (Å²) in [4.78, 5) is 0. The van der Waals surface area contributed by atoms with Gasteiger partial charge in [0.15, 0.2) is 6.54 Å². The zero-order chi connectivity index (χ0) is 27.3. The molecule has 1 aliphatic heterocycles. The smallest absolute Gasteiger partial charge is 0.214 e. The molecule has 0 bridgehead atoms. The molecule has 3 nitrogen and oxygen atoms in total. The summed E-state index contributed by atoms with van der Waals surface area (Å²) in [5, 5.41) is 7.95. The molecule has 6 rings (SSSR count). The number of aromatic nitrogens is 1. The van der Waals surface area contributed by atoms with Crippen LogP contribution in [0.15, 0.2) is 109 Å². The molecule has 1 aliphatic rings. The Balaban J connectivity index is 1.27. The number of nitrogens with zero attached hydrogens (tertiary/aromatic N) is 2. The molecule has 4 aromatic carbocycles. The summed E-state index contributed by atoms with van der Waals surface area (Å²) in [5.74, 6) is 0. The monoisotopic (exact) mass is 636 g/mol. The predicted octanol–water partition coefficient (Wildman–Crippen LogP) is 7.83. The number of halogens is 1. The van der Waals surface area contributed by atoms with Crippen molar-refractivity contribution in [1.82, 2.24) is 4.57 Å². The fraction of sp³-hybridized carbons (Fsp3) is 0.194. The minimum absolute atomic E-state index is 0.690. The highest BCUT2D eigenvalue weighted by Crippen LogP contribution is 2.35. The predicted molar refractivity (Wildman–Crippen MR) is 181 cm³/mol. The number of allylic oxidation sites excluding steroid dienone is 6. The van der Waals surface area contributed by atoms with E-state index in [4.69, 9.17) is 5.73 Å². The molecular formula is C36H35IN3+. The lowest BCUT2D eigenvalue weighted by Crippen LogP contribution is -2.16. The van der Waals surface area contributed by atoms with Crippen LogP contribution >= 0.6 is 22.6 Å². The zero-order valence-corrected chi connectivity index (χ0v) is 24.9. The lowest BCUT2D eigenvalue weighted by molar-refractivity contribution is -0.435. The number of aryl methyl sites for hydroxylation is 1.